The number of hydrogen-bond acceptors (Lipinski definition) is 3. The molecule has 154 valence electrons. The van der Waals surface area contributed by atoms with E-state index in [1.807, 2.05) is 12.1 Å². The van der Waals surface area contributed by atoms with Crippen molar-refractivity contribution >= 4 is 23.2 Å². The van der Waals surface area contributed by atoms with Crippen molar-refractivity contribution in [2.45, 2.75) is 13.2 Å². The van der Waals surface area contributed by atoms with Crippen LogP contribution in [0.2, 0.25) is 5.02 Å². The summed E-state index contributed by atoms with van der Waals surface area (Å²) in [4.78, 5) is 14.9. The third kappa shape index (κ3) is 5.25. The zero-order valence-electron chi connectivity index (χ0n) is 16.1. The summed E-state index contributed by atoms with van der Waals surface area (Å²) in [5, 5.41) is 3.47. The van der Waals surface area contributed by atoms with Gasteiger partial charge in [0.15, 0.2) is 13.3 Å². The molecule has 2 heterocycles. The van der Waals surface area contributed by atoms with Crippen molar-refractivity contribution in [2.24, 2.45) is 0 Å². The van der Waals surface area contributed by atoms with Gasteiger partial charge in [0.1, 0.15) is 44.3 Å². The molecular formula is C21H25ClFN3O3+2. The predicted octanol–water partition coefficient (Wildman–Crippen LogP) is 0.268. The van der Waals surface area contributed by atoms with E-state index in [9.17, 15) is 9.18 Å². The lowest BCUT2D eigenvalue weighted by Gasteiger charge is -2.30. The Labute approximate surface area is 174 Å². The van der Waals surface area contributed by atoms with Crippen molar-refractivity contribution in [2.75, 3.05) is 44.8 Å². The molecule has 4 rings (SSSR count). The van der Waals surface area contributed by atoms with Crippen molar-refractivity contribution < 1.29 is 28.5 Å². The van der Waals surface area contributed by atoms with Crippen LogP contribution >= 0.6 is 11.6 Å². The molecule has 1 fully saturated rings. The number of piperazine rings is 1. The first kappa shape index (κ1) is 20.1. The minimum absolute atomic E-state index is 0.0913. The van der Waals surface area contributed by atoms with E-state index in [-0.39, 0.29) is 18.5 Å². The van der Waals surface area contributed by atoms with E-state index in [0.29, 0.717) is 23.9 Å². The third-order valence-electron chi connectivity index (χ3n) is 5.38. The van der Waals surface area contributed by atoms with E-state index in [1.54, 1.807) is 12.1 Å². The number of halogens is 2. The van der Waals surface area contributed by atoms with Gasteiger partial charge in [-0.15, -0.1) is 0 Å². The Bertz CT molecular complexity index is 887. The second-order valence-electron chi connectivity index (χ2n) is 7.58. The van der Waals surface area contributed by atoms with Crippen LogP contribution in [-0.4, -0.2) is 45.4 Å². The minimum Gasteiger partial charge on any atom is -0.467 e. The summed E-state index contributed by atoms with van der Waals surface area (Å²) in [6, 6.07) is 9.84. The van der Waals surface area contributed by atoms with Gasteiger partial charge >= 0.3 is 0 Å². The minimum atomic E-state index is -0.355. The number of rotatable bonds is 5. The first-order valence-corrected chi connectivity index (χ1v) is 10.2. The fourth-order valence-corrected chi connectivity index (χ4v) is 4.23. The third-order valence-corrected chi connectivity index (χ3v) is 5.59. The number of hydrogen-bond donors (Lipinski definition) is 3. The van der Waals surface area contributed by atoms with Crippen molar-refractivity contribution in [3.05, 3.63) is 58.4 Å². The van der Waals surface area contributed by atoms with E-state index < -0.39 is 0 Å². The van der Waals surface area contributed by atoms with Crippen molar-refractivity contribution in [3.63, 3.8) is 0 Å². The van der Waals surface area contributed by atoms with Crippen LogP contribution in [0.15, 0.2) is 36.4 Å². The first-order valence-electron chi connectivity index (χ1n) is 9.81. The van der Waals surface area contributed by atoms with Crippen LogP contribution in [0.1, 0.15) is 11.1 Å². The van der Waals surface area contributed by atoms with Crippen molar-refractivity contribution in [1.29, 1.82) is 0 Å². The zero-order valence-corrected chi connectivity index (χ0v) is 16.9. The van der Waals surface area contributed by atoms with Crippen molar-refractivity contribution in [3.8, 4) is 5.75 Å². The van der Waals surface area contributed by atoms with Crippen LogP contribution in [0.3, 0.4) is 0 Å². The lowest BCUT2D eigenvalue weighted by Crippen LogP contribution is -3.28. The van der Waals surface area contributed by atoms with Gasteiger partial charge in [-0.25, -0.2) is 4.39 Å². The van der Waals surface area contributed by atoms with E-state index >= 15 is 0 Å². The summed E-state index contributed by atoms with van der Waals surface area (Å²) in [6.45, 7) is 5.74. The largest absolute Gasteiger partial charge is 0.467 e. The molecule has 0 unspecified atom stereocenters. The Balaban J connectivity index is 1.29. The van der Waals surface area contributed by atoms with E-state index in [2.05, 4.69) is 5.32 Å². The maximum absolute atomic E-state index is 13.2. The predicted molar refractivity (Wildman–Crippen MR) is 107 cm³/mol. The molecule has 0 radical (unpaired) electrons. The van der Waals surface area contributed by atoms with Gasteiger partial charge in [-0.2, -0.15) is 0 Å². The summed E-state index contributed by atoms with van der Waals surface area (Å²) in [6.07, 6.45) is 0. The summed E-state index contributed by atoms with van der Waals surface area (Å²) >= 11 is 6.26. The molecule has 0 spiro atoms. The summed E-state index contributed by atoms with van der Waals surface area (Å²) in [5.41, 5.74) is 2.60. The van der Waals surface area contributed by atoms with Gasteiger partial charge in [-0.3, -0.25) is 4.79 Å². The summed E-state index contributed by atoms with van der Waals surface area (Å²) < 4.78 is 24.3. The molecule has 0 aromatic heterocycles. The number of carbonyl (C=O) groups is 1. The highest BCUT2D eigenvalue weighted by Gasteiger charge is 2.27. The van der Waals surface area contributed by atoms with Gasteiger partial charge in [0.05, 0.1) is 12.2 Å². The van der Waals surface area contributed by atoms with Gasteiger partial charge in [0.2, 0.25) is 0 Å². The quantitative estimate of drug-likeness (QED) is 0.649. The monoisotopic (exact) mass is 421 g/mol. The number of benzene rings is 2. The van der Waals surface area contributed by atoms with E-state index in [4.69, 9.17) is 21.1 Å². The van der Waals surface area contributed by atoms with Crippen LogP contribution in [0.25, 0.3) is 0 Å². The van der Waals surface area contributed by atoms with Crippen LogP contribution in [0.5, 0.6) is 5.75 Å². The topological polar surface area (TPSA) is 56.4 Å². The Kier molecular flexibility index (Phi) is 6.30. The molecule has 1 saturated heterocycles. The molecular weight excluding hydrogens is 397 g/mol. The molecule has 1 amide bonds. The fourth-order valence-electron chi connectivity index (χ4n) is 3.97. The molecule has 2 aliphatic heterocycles. The molecule has 0 bridgehead atoms. The molecule has 3 N–H and O–H groups in total. The smallest absolute Gasteiger partial charge is 0.279 e. The fraction of sp³-hybridized carbons (Fsp3) is 0.381. The van der Waals surface area contributed by atoms with E-state index in [1.165, 1.54) is 21.9 Å². The van der Waals surface area contributed by atoms with Crippen LogP contribution < -0.4 is 19.9 Å². The highest BCUT2D eigenvalue weighted by molar-refractivity contribution is 6.30. The first-order chi connectivity index (χ1) is 14.1. The van der Waals surface area contributed by atoms with Gasteiger partial charge < -0.3 is 24.6 Å². The van der Waals surface area contributed by atoms with Gasteiger partial charge in [0, 0.05) is 16.3 Å². The molecule has 6 nitrogen and oxygen atoms in total. The molecule has 0 saturated carbocycles. The number of fused-ring (bicyclic) bond motifs is 1. The SMILES string of the molecule is O=C(C[NH+]1CC[NH+](Cc2cc(Cl)cc3c2OCOC3)CC1)Nc1cccc(F)c1. The Morgan fingerprint density at radius 2 is 1.93 bits per heavy atom. The maximum Gasteiger partial charge on any atom is 0.279 e. The number of anilines is 1. The Hall–Kier alpha value is -2.19. The average molecular weight is 422 g/mol. The molecule has 29 heavy (non-hydrogen) atoms. The number of nitrogens with one attached hydrogen (secondary N) is 3. The maximum atomic E-state index is 13.2. The molecule has 8 heteroatoms. The number of ether oxygens (including phenoxy) is 2. The van der Waals surface area contributed by atoms with Crippen LogP contribution in [0, 0.1) is 5.82 Å². The number of carbonyl (C=O) groups excluding carboxylic acids is 1. The lowest BCUT2D eigenvalue weighted by molar-refractivity contribution is -1.02. The standard InChI is InChI=1S/C21H23ClFN3O3/c22-17-8-15(21-16(9-17)13-28-14-29-21)11-25-4-6-26(7-5-25)12-20(27)24-19-3-1-2-18(23)10-19/h1-3,8-10H,4-7,11-14H2,(H,24,27)/p+2. The Morgan fingerprint density at radius 3 is 2.72 bits per heavy atom. The molecule has 0 aliphatic carbocycles. The van der Waals surface area contributed by atoms with E-state index in [0.717, 1.165) is 49.6 Å². The normalized spacial score (nSPS) is 21.2. The second kappa shape index (κ2) is 9.09. The lowest BCUT2D eigenvalue weighted by atomic mass is 10.1. The molecule has 2 aliphatic rings. The van der Waals surface area contributed by atoms with Crippen molar-refractivity contribution in [1.82, 2.24) is 0 Å². The number of quaternary nitrogens is 2. The summed E-state index contributed by atoms with van der Waals surface area (Å²) in [5.74, 6) is 0.454. The van der Waals surface area contributed by atoms with Gasteiger partial charge in [-0.1, -0.05) is 17.7 Å². The molecule has 0 atom stereocenters. The molecule has 2 aromatic rings. The summed E-state index contributed by atoms with van der Waals surface area (Å²) in [7, 11) is 0. The van der Waals surface area contributed by atoms with Gasteiger partial charge in [0.25, 0.3) is 5.91 Å². The highest BCUT2D eigenvalue weighted by atomic mass is 35.5. The number of amides is 1. The zero-order chi connectivity index (χ0) is 20.2. The average Bonchev–Trinajstić information content (AvgIpc) is 2.69. The van der Waals surface area contributed by atoms with Gasteiger partial charge in [-0.05, 0) is 30.3 Å². The Morgan fingerprint density at radius 1 is 1.14 bits per heavy atom. The van der Waals surface area contributed by atoms with Crippen LogP contribution in [0.4, 0.5) is 10.1 Å². The second-order valence-corrected chi connectivity index (χ2v) is 8.01. The molecule has 2 aromatic carbocycles. The van der Waals surface area contributed by atoms with Crippen LogP contribution in [-0.2, 0) is 22.7 Å². The highest BCUT2D eigenvalue weighted by Crippen LogP contribution is 2.31.